The molecular formula is C16H25N3O2. The van der Waals surface area contributed by atoms with Crippen LogP contribution in [0.2, 0.25) is 0 Å². The molecule has 0 bridgehead atoms. The van der Waals surface area contributed by atoms with Gasteiger partial charge in [0.25, 0.3) is 0 Å². The SMILES string of the molecule is CN(C)CC1CC(O)CN1C(=O)CC(N)c1ccccc1. The van der Waals surface area contributed by atoms with Crippen LogP contribution < -0.4 is 5.73 Å². The van der Waals surface area contributed by atoms with Crippen molar-refractivity contribution in [3.8, 4) is 0 Å². The largest absolute Gasteiger partial charge is 0.391 e. The lowest BCUT2D eigenvalue weighted by atomic mass is 10.0. The first-order valence-corrected chi connectivity index (χ1v) is 7.40. The molecule has 116 valence electrons. The zero-order valence-corrected chi connectivity index (χ0v) is 12.8. The van der Waals surface area contributed by atoms with E-state index in [2.05, 4.69) is 0 Å². The second-order valence-corrected chi connectivity index (χ2v) is 6.07. The monoisotopic (exact) mass is 291 g/mol. The lowest BCUT2D eigenvalue weighted by molar-refractivity contribution is -0.132. The third-order valence-electron chi connectivity index (χ3n) is 3.91. The Morgan fingerprint density at radius 3 is 2.71 bits per heavy atom. The van der Waals surface area contributed by atoms with E-state index in [1.54, 1.807) is 4.90 Å². The van der Waals surface area contributed by atoms with E-state index in [1.165, 1.54) is 0 Å². The van der Waals surface area contributed by atoms with Gasteiger partial charge in [0.15, 0.2) is 0 Å². The summed E-state index contributed by atoms with van der Waals surface area (Å²) in [7, 11) is 3.95. The number of likely N-dealkylation sites (tertiary alicyclic amines) is 1. The number of nitrogens with two attached hydrogens (primary N) is 1. The number of nitrogens with zero attached hydrogens (tertiary/aromatic N) is 2. The van der Waals surface area contributed by atoms with Crippen molar-refractivity contribution in [3.63, 3.8) is 0 Å². The maximum absolute atomic E-state index is 12.5. The molecule has 3 unspecified atom stereocenters. The number of amides is 1. The fourth-order valence-corrected chi connectivity index (χ4v) is 2.92. The molecule has 5 heteroatoms. The fraction of sp³-hybridized carbons (Fsp3) is 0.562. The Morgan fingerprint density at radius 1 is 1.43 bits per heavy atom. The van der Waals surface area contributed by atoms with Crippen LogP contribution in [0.25, 0.3) is 0 Å². The van der Waals surface area contributed by atoms with E-state index in [4.69, 9.17) is 5.73 Å². The first kappa shape index (κ1) is 15.9. The maximum atomic E-state index is 12.5. The predicted octanol–water partition coefficient (Wildman–Crippen LogP) is 0.600. The van der Waals surface area contributed by atoms with E-state index in [-0.39, 0.29) is 24.4 Å². The van der Waals surface area contributed by atoms with Crippen molar-refractivity contribution >= 4 is 5.91 Å². The van der Waals surface area contributed by atoms with E-state index < -0.39 is 6.10 Å². The van der Waals surface area contributed by atoms with Crippen LogP contribution in [0, 0.1) is 0 Å². The average molecular weight is 291 g/mol. The molecule has 5 nitrogen and oxygen atoms in total. The molecule has 1 aromatic rings. The molecular weight excluding hydrogens is 266 g/mol. The lowest BCUT2D eigenvalue weighted by Gasteiger charge is -2.28. The molecule has 1 heterocycles. The third-order valence-corrected chi connectivity index (χ3v) is 3.91. The number of likely N-dealkylation sites (N-methyl/N-ethyl adjacent to an activating group) is 1. The summed E-state index contributed by atoms with van der Waals surface area (Å²) >= 11 is 0. The minimum absolute atomic E-state index is 0.0229. The van der Waals surface area contributed by atoms with Crippen molar-refractivity contribution in [3.05, 3.63) is 35.9 Å². The summed E-state index contributed by atoms with van der Waals surface area (Å²) in [5.41, 5.74) is 7.09. The van der Waals surface area contributed by atoms with Gasteiger partial charge in [0.1, 0.15) is 0 Å². The minimum atomic E-state index is -0.424. The maximum Gasteiger partial charge on any atom is 0.224 e. The summed E-state index contributed by atoms with van der Waals surface area (Å²) < 4.78 is 0. The van der Waals surface area contributed by atoms with E-state index >= 15 is 0 Å². The molecule has 2 rings (SSSR count). The molecule has 0 aromatic heterocycles. The van der Waals surface area contributed by atoms with Gasteiger partial charge in [-0.05, 0) is 26.1 Å². The van der Waals surface area contributed by atoms with Gasteiger partial charge >= 0.3 is 0 Å². The molecule has 0 saturated carbocycles. The number of rotatable bonds is 5. The van der Waals surface area contributed by atoms with Gasteiger partial charge in [0, 0.05) is 31.6 Å². The van der Waals surface area contributed by atoms with Crippen molar-refractivity contribution < 1.29 is 9.90 Å². The number of carbonyl (C=O) groups is 1. The van der Waals surface area contributed by atoms with Gasteiger partial charge < -0.3 is 20.6 Å². The number of carbonyl (C=O) groups excluding carboxylic acids is 1. The van der Waals surface area contributed by atoms with E-state index in [9.17, 15) is 9.90 Å². The van der Waals surface area contributed by atoms with Crippen LogP contribution in [0.3, 0.4) is 0 Å². The minimum Gasteiger partial charge on any atom is -0.391 e. The molecule has 0 radical (unpaired) electrons. The molecule has 1 aromatic carbocycles. The highest BCUT2D eigenvalue weighted by atomic mass is 16.3. The molecule has 0 aliphatic carbocycles. The van der Waals surface area contributed by atoms with Crippen LogP contribution in [0.1, 0.15) is 24.4 Å². The van der Waals surface area contributed by atoms with Gasteiger partial charge in [-0.25, -0.2) is 0 Å². The first-order chi connectivity index (χ1) is 9.97. The summed E-state index contributed by atoms with van der Waals surface area (Å²) in [5.74, 6) is 0.0229. The van der Waals surface area contributed by atoms with Crippen LogP contribution >= 0.6 is 0 Å². The second kappa shape index (κ2) is 7.02. The quantitative estimate of drug-likeness (QED) is 0.833. The van der Waals surface area contributed by atoms with Crippen molar-refractivity contribution in [1.29, 1.82) is 0 Å². The molecule has 1 fully saturated rings. The summed E-state index contributed by atoms with van der Waals surface area (Å²) in [6, 6.07) is 9.44. The second-order valence-electron chi connectivity index (χ2n) is 6.07. The highest BCUT2D eigenvalue weighted by Gasteiger charge is 2.34. The van der Waals surface area contributed by atoms with Crippen LogP contribution in [0.15, 0.2) is 30.3 Å². The number of aliphatic hydroxyl groups is 1. The van der Waals surface area contributed by atoms with E-state index in [0.717, 1.165) is 12.1 Å². The topological polar surface area (TPSA) is 69.8 Å². The van der Waals surface area contributed by atoms with Gasteiger partial charge in [0.05, 0.1) is 6.10 Å². The smallest absolute Gasteiger partial charge is 0.224 e. The van der Waals surface area contributed by atoms with Crippen LogP contribution in [0.5, 0.6) is 0 Å². The zero-order valence-electron chi connectivity index (χ0n) is 12.8. The number of β-amino-alcohol motifs (C(OH)–C–C–N with tert-alkyl or cyclic N) is 1. The highest BCUT2D eigenvalue weighted by Crippen LogP contribution is 2.22. The fourth-order valence-electron chi connectivity index (χ4n) is 2.92. The zero-order chi connectivity index (χ0) is 15.4. The van der Waals surface area contributed by atoms with Crippen LogP contribution in [-0.4, -0.2) is 60.1 Å². The number of hydrogen-bond acceptors (Lipinski definition) is 4. The standard InChI is InChI=1S/C16H25N3O2/c1-18(2)10-13-8-14(20)11-19(13)16(21)9-15(17)12-6-4-3-5-7-12/h3-7,13-15,20H,8-11,17H2,1-2H3. The van der Waals surface area contributed by atoms with Gasteiger partial charge in [-0.2, -0.15) is 0 Å². The van der Waals surface area contributed by atoms with Crippen molar-refractivity contribution in [2.75, 3.05) is 27.2 Å². The molecule has 3 N–H and O–H groups in total. The predicted molar refractivity (Wildman–Crippen MR) is 82.7 cm³/mol. The van der Waals surface area contributed by atoms with E-state index in [1.807, 2.05) is 49.3 Å². The van der Waals surface area contributed by atoms with Gasteiger partial charge in [-0.15, -0.1) is 0 Å². The molecule has 3 atom stereocenters. The summed E-state index contributed by atoms with van der Waals surface area (Å²) in [6.45, 7) is 1.18. The Kier molecular flexibility index (Phi) is 5.33. The number of benzene rings is 1. The Morgan fingerprint density at radius 2 is 2.10 bits per heavy atom. The van der Waals surface area contributed by atoms with Gasteiger partial charge in [-0.1, -0.05) is 30.3 Å². The average Bonchev–Trinajstić information content (AvgIpc) is 2.79. The lowest BCUT2D eigenvalue weighted by Crippen LogP contribution is -2.42. The normalized spacial score (nSPS) is 23.6. The van der Waals surface area contributed by atoms with Crippen LogP contribution in [0.4, 0.5) is 0 Å². The Hall–Kier alpha value is -1.43. The highest BCUT2D eigenvalue weighted by molar-refractivity contribution is 5.77. The van der Waals surface area contributed by atoms with Crippen LogP contribution in [-0.2, 0) is 4.79 Å². The number of aliphatic hydroxyl groups excluding tert-OH is 1. The van der Waals surface area contributed by atoms with Gasteiger partial charge in [-0.3, -0.25) is 4.79 Å². The third kappa shape index (κ3) is 4.27. The summed E-state index contributed by atoms with van der Waals surface area (Å²) in [5, 5.41) is 9.84. The number of hydrogen-bond donors (Lipinski definition) is 2. The Balaban J connectivity index is 1.98. The Labute approximate surface area is 126 Å². The molecule has 1 aliphatic heterocycles. The summed E-state index contributed by atoms with van der Waals surface area (Å²) in [6.07, 6.45) is 0.498. The van der Waals surface area contributed by atoms with Crippen molar-refractivity contribution in [2.45, 2.75) is 31.0 Å². The molecule has 21 heavy (non-hydrogen) atoms. The Bertz CT molecular complexity index is 464. The van der Waals surface area contributed by atoms with Gasteiger partial charge in [0.2, 0.25) is 5.91 Å². The molecule has 1 saturated heterocycles. The molecule has 0 spiro atoms. The molecule has 1 amide bonds. The van der Waals surface area contributed by atoms with Crippen molar-refractivity contribution in [2.24, 2.45) is 5.73 Å². The first-order valence-electron chi connectivity index (χ1n) is 7.40. The summed E-state index contributed by atoms with van der Waals surface area (Å²) in [4.78, 5) is 16.3. The van der Waals surface area contributed by atoms with E-state index in [0.29, 0.717) is 13.0 Å². The molecule has 1 aliphatic rings. The van der Waals surface area contributed by atoms with Crippen molar-refractivity contribution in [1.82, 2.24) is 9.80 Å².